The van der Waals surface area contributed by atoms with Gasteiger partial charge in [0.25, 0.3) is 0 Å². The fourth-order valence-electron chi connectivity index (χ4n) is 0.684. The van der Waals surface area contributed by atoms with Gasteiger partial charge in [-0.1, -0.05) is 0 Å². The Morgan fingerprint density at radius 1 is 1.22 bits per heavy atom. The van der Waals surface area contributed by atoms with Crippen molar-refractivity contribution in [3.63, 3.8) is 0 Å². The summed E-state index contributed by atoms with van der Waals surface area (Å²) in [6.45, 7) is 5.92. The number of nitrogens with one attached hydrogen (secondary N) is 1. The van der Waals surface area contributed by atoms with Gasteiger partial charge in [0, 0.05) is 0 Å². The zero-order valence-corrected chi connectivity index (χ0v) is 8.86. The molecule has 1 nitrogen and oxygen atoms in total. The van der Waals surface area contributed by atoms with Crippen LogP contribution in [0, 0.1) is 0 Å². The van der Waals surface area contributed by atoms with Gasteiger partial charge >= 0.3 is 65.9 Å². The van der Waals surface area contributed by atoms with Crippen molar-refractivity contribution in [2.75, 3.05) is 26.9 Å². The molecule has 0 rings (SSSR count). The zero-order chi connectivity index (χ0) is 7.11. The topological polar surface area (TPSA) is 12.0 Å². The fraction of sp³-hybridized carbons (Fsp3) is 1.00. The van der Waals surface area contributed by atoms with Crippen molar-refractivity contribution in [2.24, 2.45) is 0 Å². The van der Waals surface area contributed by atoms with Crippen LogP contribution in [0.4, 0.5) is 0 Å². The van der Waals surface area contributed by atoms with E-state index in [4.69, 9.17) is 0 Å². The summed E-state index contributed by atoms with van der Waals surface area (Å²) < 4.78 is 4.47. The summed E-state index contributed by atoms with van der Waals surface area (Å²) >= 11 is -0.428. The first-order valence-electron chi connectivity index (χ1n) is 3.57. The third-order valence-corrected chi connectivity index (χ3v) is 7.75. The van der Waals surface area contributed by atoms with Crippen molar-refractivity contribution in [1.82, 2.24) is 5.32 Å². The van der Waals surface area contributed by atoms with Crippen molar-refractivity contribution in [3.05, 3.63) is 0 Å². The van der Waals surface area contributed by atoms with Crippen LogP contribution in [0.15, 0.2) is 0 Å². The number of hydrogen-bond acceptors (Lipinski definition) is 1. The van der Waals surface area contributed by atoms with Gasteiger partial charge in [0.05, 0.1) is 0 Å². The van der Waals surface area contributed by atoms with Gasteiger partial charge in [-0.15, -0.1) is 0 Å². The maximum absolute atomic E-state index is 3.21. The van der Waals surface area contributed by atoms with Gasteiger partial charge in [-0.3, -0.25) is 0 Å². The molecule has 0 radical (unpaired) electrons. The number of rotatable bonds is 5. The first-order valence-corrected chi connectivity index (χ1v) is 8.15. The third kappa shape index (κ3) is 5.15. The van der Waals surface area contributed by atoms with Crippen LogP contribution in [-0.2, 0) is 0 Å². The molecule has 9 heavy (non-hydrogen) atoms. The minimum absolute atomic E-state index is 0.428. The first-order chi connectivity index (χ1) is 4.35. The number of alkyl halides is 3. The van der Waals surface area contributed by atoms with E-state index in [2.05, 4.69) is 19.2 Å². The Kier molecular flexibility index (Phi) is 7.33. The molecule has 0 saturated carbocycles. The molecule has 0 aliphatic heterocycles. The van der Waals surface area contributed by atoms with Crippen LogP contribution >= 0.6 is 19.8 Å². The van der Waals surface area contributed by atoms with Crippen molar-refractivity contribution in [2.45, 2.75) is 13.8 Å². The normalized spacial score (nSPS) is 11.7. The quantitative estimate of drug-likeness (QED) is 0.573. The average molecular weight is 243 g/mol. The minimum atomic E-state index is -0.428. The summed E-state index contributed by atoms with van der Waals surface area (Å²) in [5, 5.41) is 3.21. The molecule has 0 amide bonds. The Hall–Kier alpha value is 0.690. The molecule has 0 aromatic carbocycles. The van der Waals surface area contributed by atoms with E-state index in [-0.39, 0.29) is 0 Å². The van der Waals surface area contributed by atoms with E-state index >= 15 is 0 Å². The standard InChI is InChI=1S/C7H18IN/c1-4-8(5-2)6-7-9-3/h9H,4-7H2,1-3H3. The monoisotopic (exact) mass is 243 g/mol. The second-order valence-corrected chi connectivity index (χ2v) is 9.26. The summed E-state index contributed by atoms with van der Waals surface area (Å²) in [5.41, 5.74) is 0. The van der Waals surface area contributed by atoms with E-state index in [0.29, 0.717) is 0 Å². The van der Waals surface area contributed by atoms with Gasteiger partial charge in [-0.25, -0.2) is 0 Å². The van der Waals surface area contributed by atoms with E-state index in [1.165, 1.54) is 19.8 Å². The molecule has 1 N–H and O–H groups in total. The van der Waals surface area contributed by atoms with Crippen LogP contribution in [0.5, 0.6) is 0 Å². The van der Waals surface area contributed by atoms with Crippen LogP contribution < -0.4 is 5.32 Å². The van der Waals surface area contributed by atoms with Gasteiger partial charge < -0.3 is 0 Å². The van der Waals surface area contributed by atoms with Crippen LogP contribution in [0.25, 0.3) is 0 Å². The van der Waals surface area contributed by atoms with Gasteiger partial charge in [-0.05, 0) is 0 Å². The first kappa shape index (κ1) is 9.69. The average Bonchev–Trinajstić information content (AvgIpc) is 1.91. The Morgan fingerprint density at radius 3 is 2.11 bits per heavy atom. The van der Waals surface area contributed by atoms with Gasteiger partial charge in [0.15, 0.2) is 0 Å². The Balaban J connectivity index is 3.09. The summed E-state index contributed by atoms with van der Waals surface area (Å²) in [4.78, 5) is 0. The Morgan fingerprint density at radius 2 is 1.78 bits per heavy atom. The van der Waals surface area contributed by atoms with Crippen molar-refractivity contribution >= 4 is 19.8 Å². The molecule has 0 spiro atoms. The number of halogens is 1. The SMILES string of the molecule is CCI(CC)CCNC. The molecular formula is C7H18IN. The van der Waals surface area contributed by atoms with Crippen LogP contribution in [0.3, 0.4) is 0 Å². The van der Waals surface area contributed by atoms with Gasteiger partial charge in [0.2, 0.25) is 0 Å². The van der Waals surface area contributed by atoms with Crippen LogP contribution in [0.1, 0.15) is 13.8 Å². The van der Waals surface area contributed by atoms with Gasteiger partial charge in [-0.2, -0.15) is 0 Å². The summed E-state index contributed by atoms with van der Waals surface area (Å²) in [5.74, 6) is 0. The second-order valence-electron chi connectivity index (χ2n) is 1.89. The van der Waals surface area contributed by atoms with E-state index in [0.717, 1.165) is 0 Å². The van der Waals surface area contributed by atoms with Crippen molar-refractivity contribution < 1.29 is 0 Å². The molecule has 0 bridgehead atoms. The Bertz CT molecular complexity index is 52.9. The van der Waals surface area contributed by atoms with E-state index in [1.807, 2.05) is 7.05 Å². The predicted molar refractivity (Wildman–Crippen MR) is 53.9 cm³/mol. The molecule has 0 unspecified atom stereocenters. The molecule has 0 fully saturated rings. The van der Waals surface area contributed by atoms with Crippen molar-refractivity contribution in [3.8, 4) is 0 Å². The van der Waals surface area contributed by atoms with Crippen LogP contribution in [0.2, 0.25) is 0 Å². The van der Waals surface area contributed by atoms with E-state index in [1.54, 1.807) is 0 Å². The summed E-state index contributed by atoms with van der Waals surface area (Å²) in [7, 11) is 2.04. The maximum atomic E-state index is 3.21. The molecule has 2 heteroatoms. The molecule has 0 heterocycles. The molecular weight excluding hydrogens is 225 g/mol. The van der Waals surface area contributed by atoms with Gasteiger partial charge in [0.1, 0.15) is 0 Å². The number of hydrogen-bond donors (Lipinski definition) is 1. The predicted octanol–water partition coefficient (Wildman–Crippen LogP) is 1.75. The molecule has 0 atom stereocenters. The van der Waals surface area contributed by atoms with E-state index < -0.39 is 19.8 Å². The van der Waals surface area contributed by atoms with Crippen molar-refractivity contribution in [1.29, 1.82) is 0 Å². The molecule has 0 aliphatic carbocycles. The van der Waals surface area contributed by atoms with E-state index in [9.17, 15) is 0 Å². The molecule has 0 aliphatic rings. The Labute approximate surface area is 66.0 Å². The summed E-state index contributed by atoms with van der Waals surface area (Å²) in [6, 6.07) is 0. The summed E-state index contributed by atoms with van der Waals surface area (Å²) in [6.07, 6.45) is 0. The zero-order valence-electron chi connectivity index (χ0n) is 6.71. The molecule has 0 aromatic rings. The fourth-order valence-corrected chi connectivity index (χ4v) is 4.59. The van der Waals surface area contributed by atoms with Crippen LogP contribution in [-0.4, -0.2) is 26.9 Å². The molecule has 0 aromatic heterocycles. The molecule has 0 saturated heterocycles. The third-order valence-electron chi connectivity index (χ3n) is 1.37. The second kappa shape index (κ2) is 6.81. The molecule has 58 valence electrons.